The number of hydrogen-bond acceptors (Lipinski definition) is 0. The van der Waals surface area contributed by atoms with Crippen LogP contribution in [-0.4, -0.2) is 28.9 Å². The van der Waals surface area contributed by atoms with E-state index in [-0.39, 0.29) is 25.9 Å². The quantitative estimate of drug-likeness (QED) is 0.337. The van der Waals surface area contributed by atoms with Gasteiger partial charge in [0.15, 0.2) is 0 Å². The second-order valence-electron chi connectivity index (χ2n) is 2.58. The summed E-state index contributed by atoms with van der Waals surface area (Å²) in [6, 6.07) is 0. The molecule has 9 heavy (non-hydrogen) atoms. The average molecular weight is 161 g/mol. The third-order valence-electron chi connectivity index (χ3n) is 1.17. The van der Waals surface area contributed by atoms with Gasteiger partial charge in [0.1, 0.15) is 0 Å². The molecule has 0 N–H and O–H groups in total. The maximum atomic E-state index is 5.48. The second-order valence-corrected chi connectivity index (χ2v) is 2.96. The normalized spacial score (nSPS) is 9.33. The van der Waals surface area contributed by atoms with Gasteiger partial charge in [0.25, 0.3) is 0 Å². The van der Waals surface area contributed by atoms with E-state index >= 15 is 0 Å². The summed E-state index contributed by atoms with van der Waals surface area (Å²) in [7, 11) is 0. The van der Waals surface area contributed by atoms with Crippen LogP contribution in [-0.2, 0) is 0 Å². The van der Waals surface area contributed by atoms with Gasteiger partial charge in [0, 0.05) is 5.88 Å². The largest absolute Gasteiger partial charge is 2.00 e. The van der Waals surface area contributed by atoms with Crippen LogP contribution in [0.5, 0.6) is 0 Å². The first-order valence-corrected chi connectivity index (χ1v) is 3.86. The molecule has 0 aromatic heterocycles. The van der Waals surface area contributed by atoms with Crippen molar-refractivity contribution >= 4 is 34.7 Å². The Balaban J connectivity index is -0.0000000817. The van der Waals surface area contributed by atoms with Crippen LogP contribution in [0.15, 0.2) is 0 Å². The van der Waals surface area contributed by atoms with Crippen LogP contribution in [0.1, 0.15) is 36.0 Å². The molecule has 0 aliphatic carbocycles. The van der Waals surface area contributed by atoms with Crippen molar-refractivity contribution in [2.75, 3.05) is 5.88 Å². The van der Waals surface area contributed by atoms with E-state index in [0.717, 1.165) is 11.8 Å². The summed E-state index contributed by atoms with van der Waals surface area (Å²) in [5, 5.41) is 0. The molecule has 0 nitrogen and oxygen atoms in total. The molecule has 0 fully saturated rings. The van der Waals surface area contributed by atoms with Crippen LogP contribution in [0.25, 0.3) is 0 Å². The fourth-order valence-electron chi connectivity index (χ4n) is 0.647. The van der Waals surface area contributed by atoms with E-state index in [2.05, 4.69) is 13.8 Å². The van der Waals surface area contributed by atoms with Crippen LogP contribution in [0.2, 0.25) is 0 Å². The third-order valence-corrected chi connectivity index (χ3v) is 1.43. The molecule has 0 rings (SSSR count). The van der Waals surface area contributed by atoms with Gasteiger partial charge in [-0.3, -0.25) is 0 Å². The molecule has 0 bridgehead atoms. The molecule has 0 amide bonds. The van der Waals surface area contributed by atoms with E-state index in [1.165, 1.54) is 19.3 Å². The molecular formula is C7H17ClMg. The first-order chi connectivity index (χ1) is 3.77. The molecule has 0 aliphatic heterocycles. The molecule has 0 spiro atoms. The summed E-state index contributed by atoms with van der Waals surface area (Å²) < 4.78 is 0. The number of rotatable bonds is 4. The van der Waals surface area contributed by atoms with Gasteiger partial charge in [-0.15, -0.1) is 11.6 Å². The Labute approximate surface area is 82.5 Å². The van der Waals surface area contributed by atoms with Crippen LogP contribution in [0.4, 0.5) is 0 Å². The molecule has 0 saturated carbocycles. The van der Waals surface area contributed by atoms with Gasteiger partial charge in [0.05, 0.1) is 0 Å². The van der Waals surface area contributed by atoms with Gasteiger partial charge in [0.2, 0.25) is 0 Å². The number of halogens is 1. The standard InChI is InChI=1S/C7H15Cl.Mg.2H/c1-7(2)5-3-4-6-8;;;/h7H,3-6H2,1-2H3;;;/q;+2;2*-1. The van der Waals surface area contributed by atoms with Gasteiger partial charge in [-0.25, -0.2) is 0 Å². The van der Waals surface area contributed by atoms with Crippen molar-refractivity contribution in [2.24, 2.45) is 5.92 Å². The summed E-state index contributed by atoms with van der Waals surface area (Å²) in [4.78, 5) is 0. The van der Waals surface area contributed by atoms with Gasteiger partial charge in [-0.1, -0.05) is 26.7 Å². The number of unbranched alkanes of at least 4 members (excludes halogenated alkanes) is 1. The number of hydrogen-bond donors (Lipinski definition) is 0. The summed E-state index contributed by atoms with van der Waals surface area (Å²) in [6.45, 7) is 4.49. The van der Waals surface area contributed by atoms with Gasteiger partial charge < -0.3 is 2.85 Å². The molecule has 0 aromatic rings. The smallest absolute Gasteiger partial charge is 1.00 e. The first-order valence-electron chi connectivity index (χ1n) is 3.33. The van der Waals surface area contributed by atoms with Crippen molar-refractivity contribution in [3.05, 3.63) is 0 Å². The zero-order valence-corrected chi connectivity index (χ0v) is 8.66. The molecular weight excluding hydrogens is 144 g/mol. The van der Waals surface area contributed by atoms with Crippen molar-refractivity contribution in [1.82, 2.24) is 0 Å². The molecule has 0 unspecified atom stereocenters. The molecule has 54 valence electrons. The van der Waals surface area contributed by atoms with Crippen LogP contribution >= 0.6 is 11.6 Å². The van der Waals surface area contributed by atoms with Crippen LogP contribution in [0, 0.1) is 5.92 Å². The average Bonchev–Trinajstić information content (AvgIpc) is 1.66. The van der Waals surface area contributed by atoms with Crippen molar-refractivity contribution in [2.45, 2.75) is 33.1 Å². The monoisotopic (exact) mass is 160 g/mol. The van der Waals surface area contributed by atoms with Gasteiger partial charge in [-0.05, 0) is 12.3 Å². The zero-order chi connectivity index (χ0) is 6.41. The minimum atomic E-state index is 0. The van der Waals surface area contributed by atoms with Gasteiger partial charge in [-0.2, -0.15) is 0 Å². The molecule has 0 atom stereocenters. The topological polar surface area (TPSA) is 0 Å². The first kappa shape index (κ1) is 12.7. The van der Waals surface area contributed by atoms with E-state index in [4.69, 9.17) is 11.6 Å². The Morgan fingerprint density at radius 1 is 1.33 bits per heavy atom. The molecule has 2 heteroatoms. The molecule has 0 radical (unpaired) electrons. The molecule has 0 aliphatic rings. The Morgan fingerprint density at radius 3 is 2.22 bits per heavy atom. The van der Waals surface area contributed by atoms with Crippen molar-refractivity contribution < 1.29 is 2.85 Å². The van der Waals surface area contributed by atoms with E-state index in [9.17, 15) is 0 Å². The Bertz CT molecular complexity index is 53.7. The zero-order valence-electron chi connectivity index (χ0n) is 8.49. The van der Waals surface area contributed by atoms with Gasteiger partial charge >= 0.3 is 23.1 Å². The molecule has 0 aromatic carbocycles. The third kappa shape index (κ3) is 12.3. The SMILES string of the molecule is CC(C)CCCCCl.[H-].[H-].[Mg+2]. The fourth-order valence-corrected chi connectivity index (χ4v) is 0.836. The molecule has 0 saturated heterocycles. The van der Waals surface area contributed by atoms with Crippen molar-refractivity contribution in [3.63, 3.8) is 0 Å². The summed E-state index contributed by atoms with van der Waals surface area (Å²) in [5.41, 5.74) is 0. The molecule has 0 heterocycles. The van der Waals surface area contributed by atoms with E-state index in [0.29, 0.717) is 0 Å². The van der Waals surface area contributed by atoms with Crippen molar-refractivity contribution in [3.8, 4) is 0 Å². The minimum absolute atomic E-state index is 0. The van der Waals surface area contributed by atoms with E-state index < -0.39 is 0 Å². The predicted molar refractivity (Wildman–Crippen MR) is 47.4 cm³/mol. The van der Waals surface area contributed by atoms with Crippen LogP contribution < -0.4 is 0 Å². The maximum Gasteiger partial charge on any atom is 2.00 e. The number of alkyl halides is 1. The minimum Gasteiger partial charge on any atom is -1.00 e. The van der Waals surface area contributed by atoms with E-state index in [1.807, 2.05) is 0 Å². The van der Waals surface area contributed by atoms with E-state index in [1.54, 1.807) is 0 Å². The summed E-state index contributed by atoms with van der Waals surface area (Å²) >= 11 is 5.48. The summed E-state index contributed by atoms with van der Waals surface area (Å²) in [5.74, 6) is 1.67. The van der Waals surface area contributed by atoms with Crippen molar-refractivity contribution in [1.29, 1.82) is 0 Å². The Hall–Kier alpha value is 1.06. The summed E-state index contributed by atoms with van der Waals surface area (Å²) in [6.07, 6.45) is 3.80. The second kappa shape index (κ2) is 9.06. The van der Waals surface area contributed by atoms with Crippen LogP contribution in [0.3, 0.4) is 0 Å². The Morgan fingerprint density at radius 2 is 1.89 bits per heavy atom. The maximum absolute atomic E-state index is 5.48. The predicted octanol–water partition coefficient (Wildman–Crippen LogP) is 2.90. The Kier molecular flexibility index (Phi) is 12.8. The fraction of sp³-hybridized carbons (Fsp3) is 1.00.